The molecule has 1 aromatic heterocycles. The summed E-state index contributed by atoms with van der Waals surface area (Å²) in [4.78, 5) is 11.0. The van der Waals surface area contributed by atoms with Crippen molar-refractivity contribution in [2.24, 2.45) is 12.8 Å². The minimum Gasteiger partial charge on any atom is -0.364 e. The van der Waals surface area contributed by atoms with Crippen molar-refractivity contribution in [3.05, 3.63) is 47.8 Å². The molecule has 0 aliphatic heterocycles. The van der Waals surface area contributed by atoms with Crippen LogP contribution < -0.4 is 10.0 Å². The summed E-state index contributed by atoms with van der Waals surface area (Å²) < 4.78 is 53.2. The fourth-order valence-electron chi connectivity index (χ4n) is 1.90. The van der Waals surface area contributed by atoms with Gasteiger partial charge in [-0.1, -0.05) is 0 Å². The molecule has 0 fully saturated rings. The second-order valence-electron chi connectivity index (χ2n) is 4.61. The number of nitrogens with two attached hydrogens (primary N) is 1. The summed E-state index contributed by atoms with van der Waals surface area (Å²) in [5.74, 6) is -3.02. The minimum absolute atomic E-state index is 0.0114. The van der Waals surface area contributed by atoms with Gasteiger partial charge >= 0.3 is 0 Å². The van der Waals surface area contributed by atoms with E-state index >= 15 is 0 Å². The molecular formula is C13H13F2N3O3S. The fourth-order valence-corrected chi connectivity index (χ4v) is 3.16. The molecule has 0 bridgehead atoms. The summed E-state index contributed by atoms with van der Waals surface area (Å²) >= 11 is 0. The lowest BCUT2D eigenvalue weighted by Gasteiger charge is -2.18. The molecular weight excluding hydrogens is 316 g/mol. The van der Waals surface area contributed by atoms with Crippen molar-refractivity contribution < 1.29 is 22.0 Å². The van der Waals surface area contributed by atoms with Crippen LogP contribution in [0.4, 0.5) is 14.5 Å². The Morgan fingerprint density at radius 3 is 2.36 bits per heavy atom. The number of anilines is 1. The zero-order valence-corrected chi connectivity index (χ0v) is 12.6. The topological polar surface area (TPSA) is 85.4 Å². The summed E-state index contributed by atoms with van der Waals surface area (Å²) in [5, 5.41) is 0. The number of amides is 1. The summed E-state index contributed by atoms with van der Waals surface area (Å²) in [6.07, 6.45) is 1.21. The third-order valence-electron chi connectivity index (χ3n) is 3.16. The first-order chi connectivity index (χ1) is 10.1. The lowest BCUT2D eigenvalue weighted by atomic mass is 10.3. The smallest absolute Gasteiger partial charge is 0.265 e. The van der Waals surface area contributed by atoms with Crippen molar-refractivity contribution in [1.82, 2.24) is 4.57 Å². The second-order valence-corrected chi connectivity index (χ2v) is 6.58. The van der Waals surface area contributed by atoms with Gasteiger partial charge in [-0.25, -0.2) is 17.2 Å². The van der Waals surface area contributed by atoms with Crippen LogP contribution in [-0.2, 0) is 17.1 Å². The second kappa shape index (κ2) is 5.41. The number of hydrogen-bond acceptors (Lipinski definition) is 3. The van der Waals surface area contributed by atoms with Crippen LogP contribution in [0.25, 0.3) is 0 Å². The Kier molecular flexibility index (Phi) is 3.92. The zero-order valence-electron chi connectivity index (χ0n) is 11.7. The molecule has 1 heterocycles. The number of carbonyl (C=O) groups excluding carboxylic acids is 1. The highest BCUT2D eigenvalue weighted by Crippen LogP contribution is 2.24. The SMILES string of the molecule is CN(c1ccc(F)c(F)c1)S(=O)(=O)c1cc(C(N)=O)n(C)c1. The van der Waals surface area contributed by atoms with Gasteiger partial charge in [0.25, 0.3) is 15.9 Å². The van der Waals surface area contributed by atoms with E-state index in [1.807, 2.05) is 0 Å². The molecule has 1 amide bonds. The summed E-state index contributed by atoms with van der Waals surface area (Å²) in [6, 6.07) is 3.85. The molecule has 9 heteroatoms. The lowest BCUT2D eigenvalue weighted by molar-refractivity contribution is 0.0992. The third kappa shape index (κ3) is 2.67. The van der Waals surface area contributed by atoms with E-state index in [9.17, 15) is 22.0 Å². The van der Waals surface area contributed by atoms with Gasteiger partial charge in [0.1, 0.15) is 10.6 Å². The van der Waals surface area contributed by atoms with E-state index < -0.39 is 27.6 Å². The fraction of sp³-hybridized carbons (Fsp3) is 0.154. The van der Waals surface area contributed by atoms with Crippen LogP contribution in [0, 0.1) is 11.6 Å². The van der Waals surface area contributed by atoms with E-state index in [-0.39, 0.29) is 16.3 Å². The van der Waals surface area contributed by atoms with Crippen LogP contribution in [-0.4, -0.2) is 25.9 Å². The predicted molar refractivity (Wildman–Crippen MR) is 75.9 cm³/mol. The lowest BCUT2D eigenvalue weighted by Crippen LogP contribution is -2.26. The Morgan fingerprint density at radius 2 is 1.86 bits per heavy atom. The highest BCUT2D eigenvalue weighted by molar-refractivity contribution is 7.92. The Bertz CT molecular complexity index is 846. The maximum Gasteiger partial charge on any atom is 0.265 e. The molecule has 22 heavy (non-hydrogen) atoms. The average molecular weight is 329 g/mol. The summed E-state index contributed by atoms with van der Waals surface area (Å²) in [7, 11) is -1.38. The number of primary amides is 1. The number of aryl methyl sites for hydroxylation is 1. The Balaban J connectivity index is 2.47. The van der Waals surface area contributed by atoms with Gasteiger partial charge in [-0.2, -0.15) is 0 Å². The van der Waals surface area contributed by atoms with Gasteiger partial charge in [0.05, 0.1) is 5.69 Å². The van der Waals surface area contributed by atoms with Crippen molar-refractivity contribution in [2.45, 2.75) is 4.90 Å². The Hall–Kier alpha value is -2.42. The molecule has 0 saturated carbocycles. The predicted octanol–water partition coefficient (Wildman–Crippen LogP) is 1.23. The zero-order chi connectivity index (χ0) is 16.7. The number of halogens is 2. The minimum atomic E-state index is -4.04. The average Bonchev–Trinajstić information content (AvgIpc) is 2.84. The highest BCUT2D eigenvalue weighted by atomic mass is 32.2. The van der Waals surface area contributed by atoms with E-state index in [0.29, 0.717) is 0 Å². The Morgan fingerprint density at radius 1 is 1.23 bits per heavy atom. The number of aromatic nitrogens is 1. The van der Waals surface area contributed by atoms with Gasteiger partial charge in [0, 0.05) is 26.4 Å². The molecule has 0 spiro atoms. The monoisotopic (exact) mass is 329 g/mol. The molecule has 2 N–H and O–H groups in total. The first kappa shape index (κ1) is 16.0. The molecule has 0 atom stereocenters. The standard InChI is InChI=1S/C13H13F2N3O3S/c1-17-7-9(6-12(17)13(16)19)22(20,21)18(2)8-3-4-10(14)11(15)5-8/h3-7H,1-2H3,(H2,16,19). The van der Waals surface area contributed by atoms with Gasteiger partial charge in [0.15, 0.2) is 11.6 Å². The van der Waals surface area contributed by atoms with Crippen molar-refractivity contribution in [3.8, 4) is 0 Å². The largest absolute Gasteiger partial charge is 0.364 e. The van der Waals surface area contributed by atoms with Crippen LogP contribution in [0.3, 0.4) is 0 Å². The molecule has 2 rings (SSSR count). The van der Waals surface area contributed by atoms with Crippen LogP contribution >= 0.6 is 0 Å². The number of sulfonamides is 1. The van der Waals surface area contributed by atoms with Gasteiger partial charge in [-0.05, 0) is 18.2 Å². The van der Waals surface area contributed by atoms with Crippen LogP contribution in [0.5, 0.6) is 0 Å². The Labute approximate surface area is 125 Å². The molecule has 0 aliphatic carbocycles. The van der Waals surface area contributed by atoms with Gasteiger partial charge in [-0.15, -0.1) is 0 Å². The number of nitrogens with zero attached hydrogens (tertiary/aromatic N) is 2. The van der Waals surface area contributed by atoms with Gasteiger partial charge in [0.2, 0.25) is 0 Å². The van der Waals surface area contributed by atoms with Crippen LogP contribution in [0.1, 0.15) is 10.5 Å². The quantitative estimate of drug-likeness (QED) is 0.915. The van der Waals surface area contributed by atoms with Gasteiger partial charge < -0.3 is 10.3 Å². The summed E-state index contributed by atoms with van der Waals surface area (Å²) in [6.45, 7) is 0. The normalized spacial score (nSPS) is 11.5. The van der Waals surface area contributed by atoms with E-state index in [2.05, 4.69) is 0 Å². The molecule has 0 aliphatic rings. The highest BCUT2D eigenvalue weighted by Gasteiger charge is 2.25. The van der Waals surface area contributed by atoms with Crippen LogP contribution in [0.15, 0.2) is 35.4 Å². The van der Waals surface area contributed by atoms with E-state index in [1.165, 1.54) is 24.9 Å². The van der Waals surface area contributed by atoms with E-state index in [1.54, 1.807) is 0 Å². The molecule has 118 valence electrons. The van der Waals surface area contributed by atoms with E-state index in [4.69, 9.17) is 5.73 Å². The maximum absolute atomic E-state index is 13.2. The van der Waals surface area contributed by atoms with Crippen molar-refractivity contribution in [1.29, 1.82) is 0 Å². The molecule has 6 nitrogen and oxygen atoms in total. The van der Waals surface area contributed by atoms with Crippen LogP contribution in [0.2, 0.25) is 0 Å². The number of rotatable bonds is 4. The molecule has 1 aromatic carbocycles. The maximum atomic E-state index is 13.2. The van der Waals surface area contributed by atoms with Crippen molar-refractivity contribution in [3.63, 3.8) is 0 Å². The first-order valence-corrected chi connectivity index (χ1v) is 7.48. The first-order valence-electron chi connectivity index (χ1n) is 6.04. The summed E-state index contributed by atoms with van der Waals surface area (Å²) in [5.41, 5.74) is 5.09. The number of benzene rings is 1. The van der Waals surface area contributed by atoms with E-state index in [0.717, 1.165) is 28.6 Å². The molecule has 0 saturated heterocycles. The molecule has 2 aromatic rings. The van der Waals surface area contributed by atoms with Crippen molar-refractivity contribution >= 4 is 21.6 Å². The number of carbonyl (C=O) groups is 1. The van der Waals surface area contributed by atoms with Gasteiger partial charge in [-0.3, -0.25) is 9.10 Å². The number of hydrogen-bond donors (Lipinski definition) is 1. The van der Waals surface area contributed by atoms with Crippen molar-refractivity contribution in [2.75, 3.05) is 11.4 Å². The third-order valence-corrected chi connectivity index (χ3v) is 4.91. The molecule has 0 unspecified atom stereocenters. The molecule has 0 radical (unpaired) electrons.